The van der Waals surface area contributed by atoms with Gasteiger partial charge in [-0.25, -0.2) is 0 Å². The average Bonchev–Trinajstić information content (AvgIpc) is 3.09. The van der Waals surface area contributed by atoms with Gasteiger partial charge in [0.25, 0.3) is 0 Å². The minimum atomic E-state index is -4.26. The zero-order valence-electron chi connectivity index (χ0n) is 10.2. The summed E-state index contributed by atoms with van der Waals surface area (Å²) in [5.74, 6) is 0. The van der Waals surface area contributed by atoms with Crippen LogP contribution in [-0.4, -0.2) is 17.5 Å². The highest BCUT2D eigenvalue weighted by molar-refractivity contribution is 8.00. The molecule has 1 saturated carbocycles. The van der Waals surface area contributed by atoms with Gasteiger partial charge in [0.1, 0.15) is 0 Å². The third-order valence-electron chi connectivity index (χ3n) is 3.27. The molecule has 0 atom stereocenters. The van der Waals surface area contributed by atoms with Crippen molar-refractivity contribution in [3.05, 3.63) is 35.4 Å². The minimum Gasteiger partial charge on any atom is -0.311 e. The molecule has 0 spiro atoms. The van der Waals surface area contributed by atoms with E-state index in [0.717, 1.165) is 12.6 Å². The largest absolute Gasteiger partial charge is 0.416 e. The van der Waals surface area contributed by atoms with Crippen LogP contribution < -0.4 is 5.32 Å². The first-order valence-corrected chi connectivity index (χ1v) is 7.10. The van der Waals surface area contributed by atoms with E-state index in [0.29, 0.717) is 16.9 Å². The number of rotatable bonds is 5. The molecule has 0 amide bonds. The van der Waals surface area contributed by atoms with Crippen molar-refractivity contribution in [3.8, 4) is 0 Å². The third-order valence-corrected chi connectivity index (χ3v) is 4.69. The summed E-state index contributed by atoms with van der Waals surface area (Å²) >= 11 is 1.84. The standard InChI is InChI=1S/C13H16F3NS/c1-18-12(5-6-12)9-17-8-10-3-2-4-11(7-10)13(14,15)16/h2-4,7,17H,5-6,8-9H2,1H3. The summed E-state index contributed by atoms with van der Waals surface area (Å²) in [5.41, 5.74) is 0.106. The van der Waals surface area contributed by atoms with Crippen LogP contribution in [0.3, 0.4) is 0 Å². The number of thioether (sulfide) groups is 1. The van der Waals surface area contributed by atoms with E-state index in [-0.39, 0.29) is 0 Å². The summed E-state index contributed by atoms with van der Waals surface area (Å²) in [7, 11) is 0. The van der Waals surface area contributed by atoms with E-state index in [1.165, 1.54) is 25.0 Å². The van der Waals surface area contributed by atoms with Gasteiger partial charge in [0.2, 0.25) is 0 Å². The molecule has 5 heteroatoms. The second-order valence-electron chi connectivity index (χ2n) is 4.69. The van der Waals surface area contributed by atoms with Crippen molar-refractivity contribution in [2.45, 2.75) is 30.3 Å². The highest BCUT2D eigenvalue weighted by Gasteiger charge is 2.41. The van der Waals surface area contributed by atoms with Crippen LogP contribution in [0.1, 0.15) is 24.0 Å². The molecule has 1 aliphatic rings. The van der Waals surface area contributed by atoms with Crippen LogP contribution in [-0.2, 0) is 12.7 Å². The van der Waals surface area contributed by atoms with Crippen LogP contribution >= 0.6 is 11.8 Å². The fourth-order valence-electron chi connectivity index (χ4n) is 1.88. The zero-order valence-corrected chi connectivity index (χ0v) is 11.0. The molecule has 1 N–H and O–H groups in total. The quantitative estimate of drug-likeness (QED) is 0.879. The highest BCUT2D eigenvalue weighted by Crippen LogP contribution is 2.46. The summed E-state index contributed by atoms with van der Waals surface area (Å²) in [6.45, 7) is 1.36. The molecule has 1 aliphatic carbocycles. The Bertz CT molecular complexity index is 413. The lowest BCUT2D eigenvalue weighted by Gasteiger charge is -2.14. The maximum absolute atomic E-state index is 12.5. The number of alkyl halides is 3. The van der Waals surface area contributed by atoms with Gasteiger partial charge in [0.05, 0.1) is 5.56 Å². The molecule has 0 radical (unpaired) electrons. The number of benzene rings is 1. The predicted molar refractivity (Wildman–Crippen MR) is 68.6 cm³/mol. The van der Waals surface area contributed by atoms with Gasteiger partial charge in [-0.1, -0.05) is 18.2 Å². The maximum atomic E-state index is 12.5. The molecule has 2 rings (SSSR count). The Morgan fingerprint density at radius 1 is 1.33 bits per heavy atom. The van der Waals surface area contributed by atoms with Gasteiger partial charge in [-0.2, -0.15) is 24.9 Å². The Morgan fingerprint density at radius 2 is 2.06 bits per heavy atom. The molecule has 100 valence electrons. The van der Waals surface area contributed by atoms with Gasteiger partial charge in [0.15, 0.2) is 0 Å². The van der Waals surface area contributed by atoms with Crippen molar-refractivity contribution in [1.29, 1.82) is 0 Å². The topological polar surface area (TPSA) is 12.0 Å². The lowest BCUT2D eigenvalue weighted by molar-refractivity contribution is -0.137. The first-order chi connectivity index (χ1) is 8.45. The summed E-state index contributed by atoms with van der Waals surface area (Å²) in [6.07, 6.45) is 0.222. The molecule has 0 unspecified atom stereocenters. The normalized spacial score (nSPS) is 17.8. The second-order valence-corrected chi connectivity index (χ2v) is 5.96. The van der Waals surface area contributed by atoms with Crippen molar-refractivity contribution in [2.75, 3.05) is 12.8 Å². The third kappa shape index (κ3) is 3.42. The first-order valence-electron chi connectivity index (χ1n) is 5.87. The zero-order chi connectivity index (χ0) is 13.2. The summed E-state index contributed by atoms with van der Waals surface area (Å²) < 4.78 is 37.9. The Morgan fingerprint density at radius 3 is 2.61 bits per heavy atom. The molecule has 1 nitrogen and oxygen atoms in total. The van der Waals surface area contributed by atoms with E-state index in [9.17, 15) is 13.2 Å². The van der Waals surface area contributed by atoms with E-state index in [1.54, 1.807) is 6.07 Å². The molecule has 0 aromatic heterocycles. The van der Waals surface area contributed by atoms with Crippen LogP contribution in [0.5, 0.6) is 0 Å². The molecule has 0 bridgehead atoms. The minimum absolute atomic E-state index is 0.335. The lowest BCUT2D eigenvalue weighted by atomic mass is 10.1. The molecular weight excluding hydrogens is 259 g/mol. The van der Waals surface area contributed by atoms with Gasteiger partial charge < -0.3 is 5.32 Å². The van der Waals surface area contributed by atoms with Crippen molar-refractivity contribution in [3.63, 3.8) is 0 Å². The van der Waals surface area contributed by atoms with Crippen LogP contribution in [0.2, 0.25) is 0 Å². The fourth-order valence-corrected chi connectivity index (χ4v) is 2.64. The summed E-state index contributed by atoms with van der Waals surface area (Å²) in [6, 6.07) is 5.50. The molecule has 0 saturated heterocycles. The summed E-state index contributed by atoms with van der Waals surface area (Å²) in [4.78, 5) is 0. The predicted octanol–water partition coefficient (Wildman–Crippen LogP) is 3.69. The molecule has 18 heavy (non-hydrogen) atoms. The maximum Gasteiger partial charge on any atom is 0.416 e. The van der Waals surface area contributed by atoms with Gasteiger partial charge in [0, 0.05) is 17.8 Å². The second kappa shape index (κ2) is 5.13. The summed E-state index contributed by atoms with van der Waals surface area (Å²) in [5, 5.41) is 3.25. The number of halogens is 3. The average molecular weight is 275 g/mol. The van der Waals surface area contributed by atoms with E-state index in [2.05, 4.69) is 11.6 Å². The molecular formula is C13H16F3NS. The van der Waals surface area contributed by atoms with Crippen molar-refractivity contribution >= 4 is 11.8 Å². The number of nitrogens with one attached hydrogen (secondary N) is 1. The smallest absolute Gasteiger partial charge is 0.311 e. The van der Waals surface area contributed by atoms with Crippen LogP contribution in [0.15, 0.2) is 24.3 Å². The van der Waals surface area contributed by atoms with E-state index in [1.807, 2.05) is 11.8 Å². The van der Waals surface area contributed by atoms with Gasteiger partial charge in [-0.15, -0.1) is 0 Å². The fraction of sp³-hybridized carbons (Fsp3) is 0.538. The van der Waals surface area contributed by atoms with Crippen LogP contribution in [0.4, 0.5) is 13.2 Å². The Kier molecular flexibility index (Phi) is 3.92. The van der Waals surface area contributed by atoms with Crippen LogP contribution in [0.25, 0.3) is 0 Å². The first kappa shape index (κ1) is 13.7. The van der Waals surface area contributed by atoms with E-state index in [4.69, 9.17) is 0 Å². The lowest BCUT2D eigenvalue weighted by Crippen LogP contribution is -2.25. The monoisotopic (exact) mass is 275 g/mol. The molecule has 0 aliphatic heterocycles. The van der Waals surface area contributed by atoms with Crippen LogP contribution in [0, 0.1) is 0 Å². The Balaban J connectivity index is 1.90. The van der Waals surface area contributed by atoms with E-state index < -0.39 is 11.7 Å². The van der Waals surface area contributed by atoms with Gasteiger partial charge in [-0.05, 0) is 30.7 Å². The van der Waals surface area contributed by atoms with Crippen molar-refractivity contribution < 1.29 is 13.2 Å². The van der Waals surface area contributed by atoms with Gasteiger partial charge in [-0.3, -0.25) is 0 Å². The highest BCUT2D eigenvalue weighted by atomic mass is 32.2. The Hall–Kier alpha value is -0.680. The van der Waals surface area contributed by atoms with Crippen molar-refractivity contribution in [1.82, 2.24) is 5.32 Å². The molecule has 1 aromatic rings. The SMILES string of the molecule is CSC1(CNCc2cccc(C(F)(F)F)c2)CC1. The number of hydrogen-bond acceptors (Lipinski definition) is 2. The molecule has 1 fully saturated rings. The Labute approximate surface area is 109 Å². The van der Waals surface area contributed by atoms with Crippen molar-refractivity contribution in [2.24, 2.45) is 0 Å². The van der Waals surface area contributed by atoms with E-state index >= 15 is 0 Å². The number of hydrogen-bond donors (Lipinski definition) is 1. The molecule has 1 aromatic carbocycles. The molecule has 0 heterocycles. The van der Waals surface area contributed by atoms with Gasteiger partial charge >= 0.3 is 6.18 Å².